The van der Waals surface area contributed by atoms with Crippen LogP contribution in [0.4, 0.5) is 18.9 Å². The maximum absolute atomic E-state index is 13.4. The Labute approximate surface area is 216 Å². The van der Waals surface area contributed by atoms with E-state index in [4.69, 9.17) is 27.9 Å². The number of ether oxygens (including phenoxy) is 1. The molecule has 0 bridgehead atoms. The number of methoxy groups -OCH3 is 1. The lowest BCUT2D eigenvalue weighted by Crippen LogP contribution is -2.39. The number of alkyl halides is 3. The summed E-state index contributed by atoms with van der Waals surface area (Å²) in [5.74, 6) is -0.561. The van der Waals surface area contributed by atoms with Crippen molar-refractivity contribution in [2.45, 2.75) is 17.5 Å². The maximum Gasteiger partial charge on any atom is 0.417 e. The Hall–Kier alpha value is -2.79. The first kappa shape index (κ1) is 27.8. The van der Waals surface area contributed by atoms with E-state index in [0.717, 1.165) is 15.9 Å². The molecule has 0 atom stereocenters. The molecular formula is C24H21Cl2F3N2O4S. The number of nitrogens with one attached hydrogen (secondary N) is 1. The smallest absolute Gasteiger partial charge is 0.417 e. The van der Waals surface area contributed by atoms with E-state index in [1.807, 2.05) is 18.2 Å². The molecule has 3 rings (SSSR count). The van der Waals surface area contributed by atoms with Gasteiger partial charge in [-0.3, -0.25) is 4.79 Å². The van der Waals surface area contributed by atoms with Gasteiger partial charge in [0.05, 0.1) is 34.2 Å². The zero-order valence-corrected chi connectivity index (χ0v) is 21.2. The van der Waals surface area contributed by atoms with Crippen molar-refractivity contribution in [2.75, 3.05) is 25.5 Å². The van der Waals surface area contributed by atoms with Gasteiger partial charge in [0.1, 0.15) is 5.75 Å². The van der Waals surface area contributed by atoms with Gasteiger partial charge in [0.15, 0.2) is 0 Å². The Kier molecular flexibility index (Phi) is 8.89. The van der Waals surface area contributed by atoms with Crippen molar-refractivity contribution in [1.29, 1.82) is 0 Å². The third-order valence-corrected chi connectivity index (χ3v) is 7.60. The number of hydrogen-bond donors (Lipinski definition) is 1. The second-order valence-electron chi connectivity index (χ2n) is 7.61. The summed E-state index contributed by atoms with van der Waals surface area (Å²) < 4.78 is 72.3. The van der Waals surface area contributed by atoms with Gasteiger partial charge in [-0.15, -0.1) is 0 Å². The zero-order chi connectivity index (χ0) is 26.5. The number of sulfonamides is 1. The molecule has 0 unspecified atom stereocenters. The highest BCUT2D eigenvalue weighted by Gasteiger charge is 2.34. The molecule has 3 aromatic rings. The van der Waals surface area contributed by atoms with E-state index in [9.17, 15) is 26.4 Å². The van der Waals surface area contributed by atoms with Crippen LogP contribution in [-0.2, 0) is 27.4 Å². The summed E-state index contributed by atoms with van der Waals surface area (Å²) in [5, 5.41) is 1.85. The topological polar surface area (TPSA) is 75.7 Å². The summed E-state index contributed by atoms with van der Waals surface area (Å²) in [6, 6.07) is 15.8. The number of halogens is 5. The maximum atomic E-state index is 13.4. The second-order valence-corrected chi connectivity index (χ2v) is 10.4. The first-order valence-corrected chi connectivity index (χ1v) is 12.7. The minimum atomic E-state index is -4.73. The molecule has 0 spiro atoms. The first-order chi connectivity index (χ1) is 16.9. The van der Waals surface area contributed by atoms with Gasteiger partial charge in [-0.2, -0.15) is 17.5 Å². The Bertz CT molecular complexity index is 1340. The number of hydrogen-bond acceptors (Lipinski definition) is 4. The Balaban J connectivity index is 1.87. The molecule has 192 valence electrons. The zero-order valence-electron chi connectivity index (χ0n) is 18.9. The van der Waals surface area contributed by atoms with Crippen LogP contribution >= 0.6 is 23.2 Å². The molecule has 36 heavy (non-hydrogen) atoms. The molecule has 1 N–H and O–H groups in total. The van der Waals surface area contributed by atoms with Crippen LogP contribution in [0.25, 0.3) is 0 Å². The number of amides is 1. The summed E-state index contributed by atoms with van der Waals surface area (Å²) >= 11 is 11.7. The molecule has 1 amide bonds. The summed E-state index contributed by atoms with van der Waals surface area (Å²) in [6.07, 6.45) is -4.44. The molecule has 0 saturated heterocycles. The van der Waals surface area contributed by atoms with Gasteiger partial charge >= 0.3 is 6.18 Å². The van der Waals surface area contributed by atoms with Gasteiger partial charge in [-0.25, -0.2) is 8.42 Å². The number of rotatable bonds is 9. The number of carbonyl (C=O) groups is 1. The highest BCUT2D eigenvalue weighted by molar-refractivity contribution is 7.89. The Morgan fingerprint density at radius 3 is 2.31 bits per heavy atom. The van der Waals surface area contributed by atoms with Crippen LogP contribution in [0.5, 0.6) is 5.75 Å². The monoisotopic (exact) mass is 560 g/mol. The molecule has 0 aliphatic heterocycles. The number of anilines is 1. The van der Waals surface area contributed by atoms with E-state index < -0.39 is 39.2 Å². The van der Waals surface area contributed by atoms with E-state index in [0.29, 0.717) is 6.07 Å². The van der Waals surface area contributed by atoms with E-state index in [1.54, 1.807) is 12.1 Å². The lowest BCUT2D eigenvalue weighted by atomic mass is 10.1. The predicted octanol–water partition coefficient (Wildman–Crippen LogP) is 5.89. The molecule has 12 heteroatoms. The lowest BCUT2D eigenvalue weighted by molar-refractivity contribution is -0.137. The molecule has 0 radical (unpaired) electrons. The molecule has 0 fully saturated rings. The molecule has 0 aliphatic carbocycles. The molecule has 3 aromatic carbocycles. The van der Waals surface area contributed by atoms with Gasteiger partial charge in [0.25, 0.3) is 0 Å². The van der Waals surface area contributed by atoms with Crippen molar-refractivity contribution in [3.63, 3.8) is 0 Å². The standard InChI is InChI=1S/C24H21Cl2F3N2O4S/c1-35-22-10-8-18(14-21(22)26)36(33,34)31(12-11-16-5-3-2-4-6-16)15-23(32)30-17-7-9-20(25)19(13-17)24(27,28)29/h2-10,13-14H,11-12,15H2,1H3,(H,30,32). The Morgan fingerprint density at radius 1 is 1.00 bits per heavy atom. The van der Waals surface area contributed by atoms with Crippen LogP contribution in [0.15, 0.2) is 71.6 Å². The van der Waals surface area contributed by atoms with Gasteiger partial charge in [0, 0.05) is 12.2 Å². The average Bonchev–Trinajstić information content (AvgIpc) is 2.82. The van der Waals surface area contributed by atoms with Crippen LogP contribution in [0.2, 0.25) is 10.0 Å². The van der Waals surface area contributed by atoms with Crippen molar-refractivity contribution in [1.82, 2.24) is 4.31 Å². The SMILES string of the molecule is COc1ccc(S(=O)(=O)N(CCc2ccccc2)CC(=O)Nc2ccc(Cl)c(C(F)(F)F)c2)cc1Cl. The fourth-order valence-electron chi connectivity index (χ4n) is 3.32. The van der Waals surface area contributed by atoms with E-state index in [2.05, 4.69) is 5.32 Å². The van der Waals surface area contributed by atoms with Crippen molar-refractivity contribution in [3.05, 3.63) is 87.9 Å². The largest absolute Gasteiger partial charge is 0.495 e. The third kappa shape index (κ3) is 6.91. The Morgan fingerprint density at radius 2 is 1.69 bits per heavy atom. The quantitative estimate of drug-likeness (QED) is 0.354. The van der Waals surface area contributed by atoms with E-state index >= 15 is 0 Å². The van der Waals surface area contributed by atoms with Gasteiger partial charge < -0.3 is 10.1 Å². The molecule has 0 aromatic heterocycles. The summed E-state index contributed by atoms with van der Waals surface area (Å²) in [6.45, 7) is -0.722. The van der Waals surface area contributed by atoms with Crippen molar-refractivity contribution < 1.29 is 31.1 Å². The summed E-state index contributed by atoms with van der Waals surface area (Å²) in [7, 11) is -2.83. The van der Waals surface area contributed by atoms with E-state index in [-0.39, 0.29) is 34.3 Å². The van der Waals surface area contributed by atoms with Crippen molar-refractivity contribution in [2.24, 2.45) is 0 Å². The van der Waals surface area contributed by atoms with Gasteiger partial charge in [0.2, 0.25) is 15.9 Å². The van der Waals surface area contributed by atoms with Crippen LogP contribution in [0, 0.1) is 0 Å². The van der Waals surface area contributed by atoms with E-state index in [1.165, 1.54) is 31.4 Å². The highest BCUT2D eigenvalue weighted by atomic mass is 35.5. The fourth-order valence-corrected chi connectivity index (χ4v) is 5.29. The van der Waals surface area contributed by atoms with Crippen molar-refractivity contribution >= 4 is 44.8 Å². The molecule has 0 heterocycles. The summed E-state index contributed by atoms with van der Waals surface area (Å²) in [5.41, 5.74) is -0.466. The van der Waals surface area contributed by atoms with Gasteiger partial charge in [-0.1, -0.05) is 53.5 Å². The lowest BCUT2D eigenvalue weighted by Gasteiger charge is -2.22. The van der Waals surface area contributed by atoms with Gasteiger partial charge in [-0.05, 0) is 48.4 Å². The number of nitrogens with zero attached hydrogens (tertiary/aromatic N) is 1. The fraction of sp³-hybridized carbons (Fsp3) is 0.208. The average molecular weight is 561 g/mol. The third-order valence-electron chi connectivity index (χ3n) is 5.13. The first-order valence-electron chi connectivity index (χ1n) is 10.5. The second kappa shape index (κ2) is 11.5. The normalized spacial score (nSPS) is 12.0. The molecule has 0 saturated carbocycles. The van der Waals surface area contributed by atoms with Crippen LogP contribution in [0.3, 0.4) is 0 Å². The van der Waals surface area contributed by atoms with Crippen LogP contribution < -0.4 is 10.1 Å². The summed E-state index contributed by atoms with van der Waals surface area (Å²) in [4.78, 5) is 12.6. The van der Waals surface area contributed by atoms with Crippen molar-refractivity contribution in [3.8, 4) is 5.75 Å². The minimum Gasteiger partial charge on any atom is -0.495 e. The van der Waals surface area contributed by atoms with Crippen LogP contribution in [-0.4, -0.2) is 38.8 Å². The molecular weight excluding hydrogens is 540 g/mol. The number of carbonyl (C=O) groups excluding carboxylic acids is 1. The predicted molar refractivity (Wildman–Crippen MR) is 132 cm³/mol. The number of benzene rings is 3. The molecule has 0 aliphatic rings. The highest BCUT2D eigenvalue weighted by Crippen LogP contribution is 2.36. The molecule has 6 nitrogen and oxygen atoms in total. The van der Waals surface area contributed by atoms with Crippen LogP contribution in [0.1, 0.15) is 11.1 Å². The minimum absolute atomic E-state index is 0.0619.